The molecule has 0 fully saturated rings. The standard InChI is InChI=1S/C11H12N/c1-3-9-5-6-11(8-12)10(4-2)7-9/h5,7H,3-4H2,1-2H3. The summed E-state index contributed by atoms with van der Waals surface area (Å²) in [6.45, 7) is 4.16. The minimum absolute atomic E-state index is 0.690. The van der Waals surface area contributed by atoms with Gasteiger partial charge in [-0.25, -0.2) is 0 Å². The predicted molar refractivity (Wildman–Crippen MR) is 48.7 cm³/mol. The molecular formula is C11H12N. The van der Waals surface area contributed by atoms with E-state index in [-0.39, 0.29) is 0 Å². The van der Waals surface area contributed by atoms with Gasteiger partial charge in [-0.05, 0) is 30.0 Å². The van der Waals surface area contributed by atoms with Gasteiger partial charge < -0.3 is 0 Å². The lowest BCUT2D eigenvalue weighted by atomic mass is 10.0. The van der Waals surface area contributed by atoms with Gasteiger partial charge in [-0.3, -0.25) is 0 Å². The highest BCUT2D eigenvalue weighted by Gasteiger charge is 2.00. The molecule has 0 aromatic heterocycles. The van der Waals surface area contributed by atoms with Crippen LogP contribution in [-0.2, 0) is 12.8 Å². The largest absolute Gasteiger partial charge is 0.192 e. The highest BCUT2D eigenvalue weighted by Crippen LogP contribution is 2.11. The summed E-state index contributed by atoms with van der Waals surface area (Å²) >= 11 is 0. The van der Waals surface area contributed by atoms with Crippen LogP contribution in [0.3, 0.4) is 0 Å². The highest BCUT2D eigenvalue weighted by molar-refractivity contribution is 5.39. The van der Waals surface area contributed by atoms with Gasteiger partial charge in [0.05, 0.1) is 5.56 Å². The summed E-state index contributed by atoms with van der Waals surface area (Å²) in [5, 5.41) is 8.73. The summed E-state index contributed by atoms with van der Waals surface area (Å²) in [6, 6.07) is 9.13. The predicted octanol–water partition coefficient (Wildman–Crippen LogP) is 2.48. The van der Waals surface area contributed by atoms with Gasteiger partial charge >= 0.3 is 0 Å². The van der Waals surface area contributed by atoms with Crippen molar-refractivity contribution in [1.29, 1.82) is 5.26 Å². The molecule has 0 amide bonds. The summed E-state index contributed by atoms with van der Waals surface area (Å²) in [7, 11) is 0. The SMILES string of the molecule is CCc1c[c]c(C#N)c(CC)c1. The molecule has 0 unspecified atom stereocenters. The average Bonchev–Trinajstić information content (AvgIpc) is 2.16. The average molecular weight is 158 g/mol. The molecule has 0 spiro atoms. The van der Waals surface area contributed by atoms with Gasteiger partial charge in [-0.1, -0.05) is 19.9 Å². The van der Waals surface area contributed by atoms with Crippen molar-refractivity contribution in [2.75, 3.05) is 0 Å². The summed E-state index contributed by atoms with van der Waals surface area (Å²) in [6.07, 6.45) is 1.92. The summed E-state index contributed by atoms with van der Waals surface area (Å²) in [5.74, 6) is 0. The molecular weight excluding hydrogens is 146 g/mol. The molecule has 1 nitrogen and oxygen atoms in total. The Morgan fingerprint density at radius 2 is 2.17 bits per heavy atom. The monoisotopic (exact) mass is 158 g/mol. The van der Waals surface area contributed by atoms with E-state index in [1.807, 2.05) is 6.07 Å². The van der Waals surface area contributed by atoms with Crippen molar-refractivity contribution in [3.8, 4) is 6.07 Å². The molecule has 0 heterocycles. The van der Waals surface area contributed by atoms with Crippen molar-refractivity contribution < 1.29 is 0 Å². The number of benzene rings is 1. The van der Waals surface area contributed by atoms with Gasteiger partial charge in [0.15, 0.2) is 0 Å². The Kier molecular flexibility index (Phi) is 2.88. The van der Waals surface area contributed by atoms with Gasteiger partial charge in [0.1, 0.15) is 6.07 Å². The molecule has 1 rings (SSSR count). The third kappa shape index (κ3) is 1.65. The van der Waals surface area contributed by atoms with Crippen LogP contribution in [0.5, 0.6) is 0 Å². The van der Waals surface area contributed by atoms with Gasteiger partial charge in [-0.2, -0.15) is 5.26 Å². The van der Waals surface area contributed by atoms with Crippen LogP contribution in [0.2, 0.25) is 0 Å². The zero-order chi connectivity index (χ0) is 8.97. The smallest absolute Gasteiger partial charge is 0.100 e. The van der Waals surface area contributed by atoms with Crippen LogP contribution in [-0.4, -0.2) is 0 Å². The van der Waals surface area contributed by atoms with E-state index in [1.165, 1.54) is 5.56 Å². The molecule has 0 saturated heterocycles. The van der Waals surface area contributed by atoms with Crippen molar-refractivity contribution in [2.24, 2.45) is 0 Å². The van der Waals surface area contributed by atoms with Crippen LogP contribution in [0.1, 0.15) is 30.5 Å². The zero-order valence-corrected chi connectivity index (χ0v) is 7.52. The second-order valence-electron chi connectivity index (χ2n) is 2.73. The maximum atomic E-state index is 8.73. The zero-order valence-electron chi connectivity index (χ0n) is 7.52. The van der Waals surface area contributed by atoms with E-state index in [1.54, 1.807) is 0 Å². The second kappa shape index (κ2) is 3.92. The van der Waals surface area contributed by atoms with Gasteiger partial charge in [0.25, 0.3) is 0 Å². The molecule has 61 valence electrons. The summed E-state index contributed by atoms with van der Waals surface area (Å²) < 4.78 is 0. The van der Waals surface area contributed by atoms with E-state index >= 15 is 0 Å². The summed E-state index contributed by atoms with van der Waals surface area (Å²) in [5.41, 5.74) is 3.05. The number of hydrogen-bond acceptors (Lipinski definition) is 1. The van der Waals surface area contributed by atoms with E-state index in [9.17, 15) is 0 Å². The molecule has 12 heavy (non-hydrogen) atoms. The minimum atomic E-state index is 0.690. The molecule has 0 aliphatic carbocycles. The fourth-order valence-electron chi connectivity index (χ4n) is 1.18. The maximum absolute atomic E-state index is 8.73. The van der Waals surface area contributed by atoms with E-state index in [2.05, 4.69) is 32.0 Å². The van der Waals surface area contributed by atoms with Gasteiger partial charge in [0.2, 0.25) is 0 Å². The molecule has 0 atom stereocenters. The fraction of sp³-hybridized carbons (Fsp3) is 0.364. The van der Waals surface area contributed by atoms with Crippen molar-refractivity contribution >= 4 is 0 Å². The van der Waals surface area contributed by atoms with Gasteiger partial charge in [-0.15, -0.1) is 0 Å². The fourth-order valence-corrected chi connectivity index (χ4v) is 1.18. The van der Waals surface area contributed by atoms with E-state index in [0.717, 1.165) is 18.4 Å². The van der Waals surface area contributed by atoms with Crippen LogP contribution in [0.25, 0.3) is 0 Å². The molecule has 0 aliphatic heterocycles. The van der Waals surface area contributed by atoms with E-state index in [0.29, 0.717) is 5.56 Å². The second-order valence-corrected chi connectivity index (χ2v) is 2.73. The van der Waals surface area contributed by atoms with E-state index < -0.39 is 0 Å². The lowest BCUT2D eigenvalue weighted by molar-refractivity contribution is 1.08. The van der Waals surface area contributed by atoms with Gasteiger partial charge in [0, 0.05) is 6.07 Å². The number of aryl methyl sites for hydroxylation is 2. The Bertz CT molecular complexity index is 307. The lowest BCUT2D eigenvalue weighted by Gasteiger charge is -2.02. The van der Waals surface area contributed by atoms with Crippen LogP contribution >= 0.6 is 0 Å². The maximum Gasteiger partial charge on any atom is 0.100 e. The molecule has 0 saturated carbocycles. The number of nitrogens with zero attached hydrogens (tertiary/aromatic N) is 1. The molecule has 1 aromatic rings. The number of rotatable bonds is 2. The first-order valence-corrected chi connectivity index (χ1v) is 4.25. The Hall–Kier alpha value is -1.29. The van der Waals surface area contributed by atoms with Crippen molar-refractivity contribution in [3.63, 3.8) is 0 Å². The summed E-state index contributed by atoms with van der Waals surface area (Å²) in [4.78, 5) is 0. The third-order valence-corrected chi connectivity index (χ3v) is 1.98. The first kappa shape index (κ1) is 8.80. The molecule has 0 aliphatic rings. The molecule has 1 radical (unpaired) electrons. The Balaban J connectivity index is 3.13. The Morgan fingerprint density at radius 1 is 1.42 bits per heavy atom. The quantitative estimate of drug-likeness (QED) is 0.648. The van der Waals surface area contributed by atoms with Crippen molar-refractivity contribution in [2.45, 2.75) is 26.7 Å². The lowest BCUT2D eigenvalue weighted by Crippen LogP contribution is -1.90. The van der Waals surface area contributed by atoms with E-state index in [4.69, 9.17) is 5.26 Å². The molecule has 0 N–H and O–H groups in total. The third-order valence-electron chi connectivity index (χ3n) is 1.98. The normalized spacial score (nSPS) is 9.42. The molecule has 1 heteroatoms. The van der Waals surface area contributed by atoms with Crippen LogP contribution in [0.4, 0.5) is 0 Å². The van der Waals surface area contributed by atoms with Crippen LogP contribution in [0.15, 0.2) is 12.1 Å². The minimum Gasteiger partial charge on any atom is -0.192 e. The molecule has 0 bridgehead atoms. The Labute approximate surface area is 73.6 Å². The van der Waals surface area contributed by atoms with Crippen LogP contribution in [0, 0.1) is 17.4 Å². The van der Waals surface area contributed by atoms with Crippen molar-refractivity contribution in [1.82, 2.24) is 0 Å². The molecule has 1 aromatic carbocycles. The van der Waals surface area contributed by atoms with Crippen LogP contribution < -0.4 is 0 Å². The first-order valence-electron chi connectivity index (χ1n) is 4.25. The Morgan fingerprint density at radius 3 is 2.67 bits per heavy atom. The number of hydrogen-bond donors (Lipinski definition) is 0. The number of nitriles is 1. The first-order chi connectivity index (χ1) is 5.81. The highest BCUT2D eigenvalue weighted by atomic mass is 14.2. The van der Waals surface area contributed by atoms with Crippen molar-refractivity contribution in [3.05, 3.63) is 34.9 Å². The topological polar surface area (TPSA) is 23.8 Å².